The number of aliphatic imine (C=N–C) groups is 1. The molecule has 8 heteroatoms. The van der Waals surface area contributed by atoms with E-state index in [-0.39, 0.29) is 34.8 Å². The number of amides is 2. The van der Waals surface area contributed by atoms with E-state index in [9.17, 15) is 20.0 Å². The Morgan fingerprint density at radius 2 is 1.93 bits per heavy atom. The normalized spacial score (nSPS) is 15.8. The highest BCUT2D eigenvalue weighted by atomic mass is 16.5. The van der Waals surface area contributed by atoms with Crippen LogP contribution in [0.2, 0.25) is 0 Å². The van der Waals surface area contributed by atoms with Crippen molar-refractivity contribution in [3.8, 4) is 11.8 Å². The molecule has 0 radical (unpaired) electrons. The molecule has 0 fully saturated rings. The number of nitriles is 1. The molecule has 8 nitrogen and oxygen atoms in total. The van der Waals surface area contributed by atoms with Crippen molar-refractivity contribution in [3.05, 3.63) is 29.3 Å². The fourth-order valence-electron chi connectivity index (χ4n) is 3.14. The van der Waals surface area contributed by atoms with E-state index in [1.807, 2.05) is 26.0 Å². The van der Waals surface area contributed by atoms with Crippen LogP contribution in [0.5, 0.6) is 5.75 Å². The van der Waals surface area contributed by atoms with Crippen molar-refractivity contribution in [2.45, 2.75) is 27.2 Å². The minimum atomic E-state index is -0.633. The van der Waals surface area contributed by atoms with E-state index in [1.165, 1.54) is 14.0 Å². The zero-order valence-corrected chi connectivity index (χ0v) is 17.2. The number of hydrogen-bond acceptors (Lipinski definition) is 7. The summed E-state index contributed by atoms with van der Waals surface area (Å²) in [5.41, 5.74) is 1.10. The Morgan fingerprint density at radius 3 is 2.48 bits per heavy atom. The lowest BCUT2D eigenvalue weighted by Gasteiger charge is -2.26. The average Bonchev–Trinajstić information content (AvgIpc) is 2.70. The highest BCUT2D eigenvalue weighted by Gasteiger charge is 2.36. The van der Waals surface area contributed by atoms with Crippen LogP contribution in [-0.2, 0) is 14.3 Å². The number of carbonyl (C=O) groups excluding carboxylic acids is 2. The fraction of sp³-hybridized carbons (Fsp3) is 0.429. The van der Waals surface area contributed by atoms with Gasteiger partial charge in [0, 0.05) is 50.7 Å². The lowest BCUT2D eigenvalue weighted by molar-refractivity contribution is -0.138. The maximum absolute atomic E-state index is 12.9. The van der Waals surface area contributed by atoms with E-state index in [0.717, 1.165) is 23.7 Å². The Morgan fingerprint density at radius 1 is 1.24 bits per heavy atom. The number of hydrogen-bond donors (Lipinski definition) is 1. The van der Waals surface area contributed by atoms with E-state index < -0.39 is 11.8 Å². The van der Waals surface area contributed by atoms with Gasteiger partial charge in [-0.25, -0.2) is 4.99 Å². The number of carbonyl (C=O) groups is 2. The molecule has 0 saturated heterocycles. The molecular weight excluding hydrogens is 372 g/mol. The van der Waals surface area contributed by atoms with Gasteiger partial charge >= 0.3 is 0 Å². The summed E-state index contributed by atoms with van der Waals surface area (Å²) in [6, 6.07) is 6.89. The van der Waals surface area contributed by atoms with Crippen molar-refractivity contribution in [3.63, 3.8) is 0 Å². The van der Waals surface area contributed by atoms with Crippen molar-refractivity contribution in [1.29, 1.82) is 5.26 Å². The minimum absolute atomic E-state index is 0.0237. The molecule has 1 aliphatic rings. The first kappa shape index (κ1) is 22.1. The zero-order valence-electron chi connectivity index (χ0n) is 17.2. The predicted molar refractivity (Wildman–Crippen MR) is 110 cm³/mol. The monoisotopic (exact) mass is 398 g/mol. The Kier molecular flexibility index (Phi) is 7.51. The number of benzene rings is 1. The van der Waals surface area contributed by atoms with E-state index in [1.54, 1.807) is 12.1 Å². The van der Waals surface area contributed by atoms with Gasteiger partial charge in [0.1, 0.15) is 28.8 Å². The molecule has 0 aromatic heterocycles. The van der Waals surface area contributed by atoms with Gasteiger partial charge in [0.2, 0.25) is 0 Å². The summed E-state index contributed by atoms with van der Waals surface area (Å²) < 4.78 is 4.97. The van der Waals surface area contributed by atoms with Gasteiger partial charge in [0.25, 0.3) is 11.8 Å². The largest absolute Gasteiger partial charge is 0.506 e. The number of phenolic OH excluding ortho intramolecular Hbond substituents is 1. The predicted octanol–water partition coefficient (Wildman–Crippen LogP) is 2.56. The molecule has 0 bridgehead atoms. The lowest BCUT2D eigenvalue weighted by atomic mass is 9.98. The smallest absolute Gasteiger partial charge is 0.279 e. The Hall–Kier alpha value is -3.18. The summed E-state index contributed by atoms with van der Waals surface area (Å²) in [5, 5.41) is 19.8. The number of phenols is 1. The molecule has 0 spiro atoms. The van der Waals surface area contributed by atoms with Gasteiger partial charge in [-0.1, -0.05) is 0 Å². The molecule has 0 atom stereocenters. The quantitative estimate of drug-likeness (QED) is 0.533. The third kappa shape index (κ3) is 4.63. The second kappa shape index (κ2) is 9.85. The SMILES string of the molecule is CCN(CC)c1ccc(N=C2C(=O)N(CCCOC)C(=O)C(C#N)=C2C)c(O)c1. The summed E-state index contributed by atoms with van der Waals surface area (Å²) in [4.78, 5) is 32.8. The van der Waals surface area contributed by atoms with Crippen molar-refractivity contribution in [2.24, 2.45) is 4.99 Å². The second-order valence-electron chi connectivity index (χ2n) is 6.53. The highest BCUT2D eigenvalue weighted by Crippen LogP contribution is 2.32. The molecule has 2 amide bonds. The molecule has 1 aromatic carbocycles. The molecule has 1 aliphatic heterocycles. The van der Waals surface area contributed by atoms with Crippen molar-refractivity contribution < 1.29 is 19.4 Å². The Bertz CT molecular complexity index is 894. The number of ether oxygens (including phenoxy) is 1. The van der Waals surface area contributed by atoms with Crippen molar-refractivity contribution in [1.82, 2.24) is 4.90 Å². The first-order valence-electron chi connectivity index (χ1n) is 9.52. The molecule has 2 rings (SSSR count). The van der Waals surface area contributed by atoms with Gasteiger partial charge < -0.3 is 14.7 Å². The number of anilines is 1. The van der Waals surface area contributed by atoms with Gasteiger partial charge in [-0.05, 0) is 39.3 Å². The van der Waals surface area contributed by atoms with E-state index in [4.69, 9.17) is 4.74 Å². The summed E-state index contributed by atoms with van der Waals surface area (Å²) >= 11 is 0. The van der Waals surface area contributed by atoms with Crippen LogP contribution in [-0.4, -0.2) is 60.9 Å². The Balaban J connectivity index is 2.46. The molecule has 1 aromatic rings. The van der Waals surface area contributed by atoms with Gasteiger partial charge in [0.05, 0.1) is 0 Å². The van der Waals surface area contributed by atoms with Crippen LogP contribution >= 0.6 is 0 Å². The number of nitrogens with zero attached hydrogens (tertiary/aromatic N) is 4. The molecule has 1 heterocycles. The maximum Gasteiger partial charge on any atom is 0.279 e. The van der Waals surface area contributed by atoms with Crippen LogP contribution in [0, 0.1) is 11.3 Å². The highest BCUT2D eigenvalue weighted by molar-refractivity contribution is 6.51. The molecule has 154 valence electrons. The summed E-state index contributed by atoms with van der Waals surface area (Å²) in [6.45, 7) is 7.62. The lowest BCUT2D eigenvalue weighted by Crippen LogP contribution is -2.47. The third-order valence-electron chi connectivity index (χ3n) is 4.80. The number of imide groups is 1. The van der Waals surface area contributed by atoms with E-state index >= 15 is 0 Å². The average molecular weight is 398 g/mol. The number of rotatable bonds is 8. The molecule has 1 N–H and O–H groups in total. The van der Waals surface area contributed by atoms with Crippen LogP contribution in [0.25, 0.3) is 0 Å². The molecular formula is C21H26N4O4. The zero-order chi connectivity index (χ0) is 21.6. The Labute approximate surface area is 170 Å². The van der Waals surface area contributed by atoms with Gasteiger partial charge in [-0.3, -0.25) is 14.5 Å². The van der Waals surface area contributed by atoms with Crippen molar-refractivity contribution in [2.75, 3.05) is 38.3 Å². The summed E-state index contributed by atoms with van der Waals surface area (Å²) in [5.74, 6) is -1.30. The molecule has 0 aliphatic carbocycles. The minimum Gasteiger partial charge on any atom is -0.506 e. The van der Waals surface area contributed by atoms with Crippen LogP contribution in [0.4, 0.5) is 11.4 Å². The summed E-state index contributed by atoms with van der Waals surface area (Å²) in [6.07, 6.45) is 0.447. The van der Waals surface area contributed by atoms with Crippen LogP contribution in [0.1, 0.15) is 27.2 Å². The topological polar surface area (TPSA) is 106 Å². The van der Waals surface area contributed by atoms with Gasteiger partial charge in [-0.2, -0.15) is 5.26 Å². The molecule has 0 saturated carbocycles. The molecule has 29 heavy (non-hydrogen) atoms. The summed E-state index contributed by atoms with van der Waals surface area (Å²) in [7, 11) is 1.53. The van der Waals surface area contributed by atoms with Crippen LogP contribution in [0.15, 0.2) is 34.3 Å². The fourth-order valence-corrected chi connectivity index (χ4v) is 3.14. The van der Waals surface area contributed by atoms with Gasteiger partial charge in [0.15, 0.2) is 0 Å². The first-order valence-corrected chi connectivity index (χ1v) is 9.52. The number of methoxy groups -OCH3 is 1. The van der Waals surface area contributed by atoms with Crippen LogP contribution < -0.4 is 4.90 Å². The maximum atomic E-state index is 12.9. The first-order chi connectivity index (χ1) is 13.9. The van der Waals surface area contributed by atoms with E-state index in [2.05, 4.69) is 9.89 Å². The standard InChI is InChI=1S/C21H26N4O4/c1-5-24(6-2)15-8-9-17(18(26)12-15)23-19-14(3)16(13-22)20(27)25(21(19)28)10-7-11-29-4/h8-9,12,26H,5-7,10-11H2,1-4H3. The van der Waals surface area contributed by atoms with Crippen LogP contribution in [0.3, 0.4) is 0 Å². The van der Waals surface area contributed by atoms with E-state index in [0.29, 0.717) is 13.0 Å². The number of aromatic hydroxyl groups is 1. The third-order valence-corrected chi connectivity index (χ3v) is 4.80. The van der Waals surface area contributed by atoms with Gasteiger partial charge in [-0.15, -0.1) is 0 Å². The molecule has 0 unspecified atom stereocenters. The van der Waals surface area contributed by atoms with Crippen molar-refractivity contribution >= 4 is 28.9 Å². The second-order valence-corrected chi connectivity index (χ2v) is 6.53.